The van der Waals surface area contributed by atoms with Crippen molar-refractivity contribution in [3.63, 3.8) is 0 Å². The van der Waals surface area contributed by atoms with Crippen LogP contribution in [0.15, 0.2) is 176 Å². The van der Waals surface area contributed by atoms with E-state index in [0.717, 1.165) is 83.6 Å². The topological polar surface area (TPSA) is 50.9 Å². The molecule has 0 saturated heterocycles. The van der Waals surface area contributed by atoms with Crippen molar-refractivity contribution < 1.29 is 28.9 Å². The van der Waals surface area contributed by atoms with E-state index in [1.165, 1.54) is 0 Å². The van der Waals surface area contributed by atoms with Gasteiger partial charge in [0, 0.05) is 41.4 Å². The summed E-state index contributed by atoms with van der Waals surface area (Å²) in [4.78, 5) is 10.2. The summed E-state index contributed by atoms with van der Waals surface area (Å²) in [6.45, 7) is 7.61. The van der Waals surface area contributed by atoms with Crippen LogP contribution in [0.4, 0.5) is 0 Å². The number of para-hydroxylation sites is 2. The molecule has 0 aliphatic rings. The first kappa shape index (κ1) is 37.0. The largest absolute Gasteiger partial charge is 0.507 e. The Balaban J connectivity index is 0.00000514. The maximum atomic E-state index is 11.3. The molecule has 0 saturated carbocycles. The summed E-state index contributed by atoms with van der Waals surface area (Å²) in [6.07, 6.45) is 1.84. The van der Waals surface area contributed by atoms with E-state index in [0.29, 0.717) is 11.4 Å². The van der Waals surface area contributed by atoms with E-state index in [9.17, 15) is 5.11 Å². The van der Waals surface area contributed by atoms with Gasteiger partial charge in [-0.2, -0.15) is 0 Å². The molecule has 4 nitrogen and oxygen atoms in total. The zero-order valence-corrected chi connectivity index (χ0v) is 35.6. The number of aromatic hydroxyl groups is 1. The minimum absolute atomic E-state index is 0. The first-order chi connectivity index (χ1) is 28.9. The number of pyridine rings is 1. The van der Waals surface area contributed by atoms with Crippen molar-refractivity contribution in [2.75, 3.05) is 0 Å². The summed E-state index contributed by atoms with van der Waals surface area (Å²) >= 11 is 0. The molecule has 2 aromatic heterocycles. The molecular formula is C54H44N3OPt-. The SMILES string of the molecule is [2H]C(C)(C)c1ccc(-c2ccnc(-c3[c-]c(-c4cccc5c4nc(-c4ccccc4O)n5-c4cc(-c5ccccc5)cc(C([2H])(C)C)c4)cc(-c4ccccc4)c3)c2)cc1.[Pt]. The molecule has 5 heteroatoms. The number of fused-ring (bicyclic) bond motifs is 1. The van der Waals surface area contributed by atoms with Gasteiger partial charge < -0.3 is 5.11 Å². The van der Waals surface area contributed by atoms with Gasteiger partial charge in [-0.05, 0) is 87.1 Å². The van der Waals surface area contributed by atoms with Crippen LogP contribution in [0.5, 0.6) is 5.75 Å². The predicted octanol–water partition coefficient (Wildman–Crippen LogP) is 14.2. The average molecular weight is 948 g/mol. The van der Waals surface area contributed by atoms with Gasteiger partial charge in [-0.3, -0.25) is 9.55 Å². The molecule has 59 heavy (non-hydrogen) atoms. The summed E-state index contributed by atoms with van der Waals surface area (Å²) in [5.41, 5.74) is 14.4. The van der Waals surface area contributed by atoms with Crippen molar-refractivity contribution in [1.82, 2.24) is 14.5 Å². The Hall–Kier alpha value is -6.35. The molecule has 0 bridgehead atoms. The summed E-state index contributed by atoms with van der Waals surface area (Å²) in [6, 6.07) is 60.7. The molecule has 2 heterocycles. The van der Waals surface area contributed by atoms with Crippen molar-refractivity contribution in [3.8, 4) is 78.6 Å². The summed E-state index contributed by atoms with van der Waals surface area (Å²) < 4.78 is 19.7. The number of hydrogen-bond donors (Lipinski definition) is 1. The third kappa shape index (κ3) is 7.94. The van der Waals surface area contributed by atoms with Crippen molar-refractivity contribution in [2.24, 2.45) is 0 Å². The number of aromatic nitrogens is 3. The minimum Gasteiger partial charge on any atom is -0.507 e. The Morgan fingerprint density at radius 3 is 1.83 bits per heavy atom. The van der Waals surface area contributed by atoms with Crippen LogP contribution in [0.2, 0.25) is 0 Å². The van der Waals surface area contributed by atoms with E-state index in [-0.39, 0.29) is 26.8 Å². The second-order valence-corrected chi connectivity index (χ2v) is 15.2. The molecular weight excluding hydrogens is 902 g/mol. The smallest absolute Gasteiger partial charge is 0.148 e. The second kappa shape index (κ2) is 16.9. The number of phenolic OH excluding ortho intramolecular Hbond substituents is 1. The second-order valence-electron chi connectivity index (χ2n) is 15.2. The van der Waals surface area contributed by atoms with E-state index >= 15 is 0 Å². The zero-order chi connectivity index (χ0) is 41.6. The number of benzene rings is 7. The summed E-state index contributed by atoms with van der Waals surface area (Å²) in [5, 5.41) is 11.3. The third-order valence-electron chi connectivity index (χ3n) is 10.8. The van der Waals surface area contributed by atoms with Gasteiger partial charge in [-0.25, -0.2) is 4.98 Å². The molecule has 0 atom stereocenters. The van der Waals surface area contributed by atoms with E-state index in [2.05, 4.69) is 95.6 Å². The van der Waals surface area contributed by atoms with E-state index < -0.39 is 11.8 Å². The molecule has 0 spiro atoms. The van der Waals surface area contributed by atoms with Crippen LogP contribution in [-0.4, -0.2) is 19.6 Å². The number of imidazole rings is 1. The van der Waals surface area contributed by atoms with Crippen molar-refractivity contribution in [1.29, 1.82) is 0 Å². The quantitative estimate of drug-likeness (QED) is 0.147. The number of rotatable bonds is 9. The number of phenols is 1. The molecule has 0 fully saturated rings. The molecule has 7 aromatic carbocycles. The van der Waals surface area contributed by atoms with Crippen LogP contribution >= 0.6 is 0 Å². The molecule has 0 aliphatic carbocycles. The van der Waals surface area contributed by atoms with Gasteiger partial charge in [-0.1, -0.05) is 166 Å². The predicted molar refractivity (Wildman–Crippen MR) is 240 cm³/mol. The Kier molecular flexibility index (Phi) is 10.6. The van der Waals surface area contributed by atoms with E-state index in [1.807, 2.05) is 113 Å². The molecule has 0 unspecified atom stereocenters. The first-order valence-corrected chi connectivity index (χ1v) is 19.6. The van der Waals surface area contributed by atoms with Crippen LogP contribution < -0.4 is 0 Å². The molecule has 0 aliphatic heterocycles. The molecule has 9 aromatic rings. The van der Waals surface area contributed by atoms with Gasteiger partial charge in [0.1, 0.15) is 11.6 Å². The molecule has 9 rings (SSSR count). The first-order valence-electron chi connectivity index (χ1n) is 20.6. The Morgan fingerprint density at radius 2 is 1.15 bits per heavy atom. The van der Waals surface area contributed by atoms with Gasteiger partial charge in [0.05, 0.1) is 16.6 Å². The van der Waals surface area contributed by atoms with E-state index in [4.69, 9.17) is 12.7 Å². The van der Waals surface area contributed by atoms with Crippen LogP contribution in [0.25, 0.3) is 83.9 Å². The Labute approximate surface area is 364 Å². The van der Waals surface area contributed by atoms with Gasteiger partial charge in [0.25, 0.3) is 0 Å². The van der Waals surface area contributed by atoms with Crippen LogP contribution in [-0.2, 0) is 21.1 Å². The fourth-order valence-electron chi connectivity index (χ4n) is 7.65. The fraction of sp³-hybridized carbons (Fsp3) is 0.111. The molecule has 0 radical (unpaired) electrons. The fourth-order valence-corrected chi connectivity index (χ4v) is 7.65. The summed E-state index contributed by atoms with van der Waals surface area (Å²) in [7, 11) is 0. The normalized spacial score (nSPS) is 12.1. The number of hydrogen-bond acceptors (Lipinski definition) is 3. The van der Waals surface area contributed by atoms with Crippen LogP contribution in [0.3, 0.4) is 0 Å². The van der Waals surface area contributed by atoms with Gasteiger partial charge in [0.15, 0.2) is 0 Å². The zero-order valence-electron chi connectivity index (χ0n) is 35.3. The molecule has 292 valence electrons. The monoisotopic (exact) mass is 947 g/mol. The van der Waals surface area contributed by atoms with Crippen molar-refractivity contribution >= 4 is 11.0 Å². The van der Waals surface area contributed by atoms with Gasteiger partial charge in [-0.15, -0.1) is 23.8 Å². The van der Waals surface area contributed by atoms with Crippen LogP contribution in [0.1, 0.15) is 53.4 Å². The standard InChI is InChI=1S/C54H44N3O.Pt/c1-35(2)37-22-24-40(25-23-37)41-26-27-55-50(34-41)46-30-43(38-14-7-5-8-15-38)29-45(31-46)48-19-13-20-51-53(48)56-54(49-18-11-12-21-52(49)58)57(51)47-32-42(36(3)4)28-44(33-47)39-16-9-6-10-17-39;/h5-30,32-36,58H,1-4H3;/q-1;/i35D,36D;. The maximum absolute atomic E-state index is 11.3. The molecule has 1 N–H and O–H groups in total. The van der Waals surface area contributed by atoms with Crippen molar-refractivity contribution in [3.05, 3.63) is 193 Å². The van der Waals surface area contributed by atoms with Gasteiger partial charge in [0.2, 0.25) is 0 Å². The minimum atomic E-state index is -0.882. The third-order valence-corrected chi connectivity index (χ3v) is 10.8. The average Bonchev–Trinajstić information content (AvgIpc) is 3.66. The van der Waals surface area contributed by atoms with Crippen LogP contribution in [0, 0.1) is 6.07 Å². The van der Waals surface area contributed by atoms with E-state index in [1.54, 1.807) is 6.07 Å². The van der Waals surface area contributed by atoms with Crippen molar-refractivity contribution in [2.45, 2.75) is 39.5 Å². The molecule has 0 amide bonds. The number of nitrogens with zero attached hydrogens (tertiary/aromatic N) is 3. The maximum Gasteiger partial charge on any atom is 0.148 e. The van der Waals surface area contributed by atoms with Gasteiger partial charge >= 0.3 is 0 Å². The Bertz CT molecular complexity index is 3000. The Morgan fingerprint density at radius 1 is 0.542 bits per heavy atom. The summed E-state index contributed by atoms with van der Waals surface area (Å²) in [5.74, 6) is -0.851.